The van der Waals surface area contributed by atoms with Crippen LogP contribution in [0.4, 0.5) is 14.5 Å². The number of esters is 1. The maximum Gasteiger partial charge on any atom is 0.337 e. The SMILES string of the molecule is COC(=O)c1ccc2nnn(O[C@@H](C)C(=O)Nc3c(F)cccc3F)c2c1. The van der Waals surface area contributed by atoms with E-state index in [4.69, 9.17) is 4.84 Å². The highest BCUT2D eigenvalue weighted by molar-refractivity contribution is 5.94. The van der Waals surface area contributed by atoms with Crippen molar-refractivity contribution in [3.8, 4) is 0 Å². The minimum absolute atomic E-state index is 0.239. The molecule has 0 saturated carbocycles. The highest BCUT2D eigenvalue weighted by Gasteiger charge is 2.21. The predicted molar refractivity (Wildman–Crippen MR) is 89.9 cm³/mol. The Morgan fingerprint density at radius 3 is 2.56 bits per heavy atom. The van der Waals surface area contributed by atoms with Gasteiger partial charge in [0.05, 0.1) is 12.7 Å². The van der Waals surface area contributed by atoms with Crippen LogP contribution in [-0.2, 0) is 9.53 Å². The van der Waals surface area contributed by atoms with E-state index in [-0.39, 0.29) is 5.56 Å². The van der Waals surface area contributed by atoms with Crippen LogP contribution in [0.1, 0.15) is 17.3 Å². The average molecular weight is 376 g/mol. The van der Waals surface area contributed by atoms with Crippen molar-refractivity contribution in [3.05, 3.63) is 53.6 Å². The topological polar surface area (TPSA) is 95.3 Å². The van der Waals surface area contributed by atoms with E-state index in [0.29, 0.717) is 11.0 Å². The summed E-state index contributed by atoms with van der Waals surface area (Å²) < 4.78 is 31.9. The first kappa shape index (κ1) is 18.2. The van der Waals surface area contributed by atoms with Crippen molar-refractivity contribution >= 4 is 28.6 Å². The molecule has 0 bridgehead atoms. The Bertz CT molecular complexity index is 1000. The second-order valence-electron chi connectivity index (χ2n) is 5.49. The lowest BCUT2D eigenvalue weighted by Gasteiger charge is -2.14. The second-order valence-corrected chi connectivity index (χ2v) is 5.49. The molecule has 27 heavy (non-hydrogen) atoms. The van der Waals surface area contributed by atoms with Gasteiger partial charge in [-0.25, -0.2) is 13.6 Å². The number of methoxy groups -OCH3 is 1. The monoisotopic (exact) mass is 376 g/mol. The summed E-state index contributed by atoms with van der Waals surface area (Å²) in [6.45, 7) is 1.37. The fraction of sp³-hybridized carbons (Fsp3) is 0.176. The first-order chi connectivity index (χ1) is 12.9. The second kappa shape index (κ2) is 7.36. The molecule has 1 amide bonds. The van der Waals surface area contributed by atoms with Crippen molar-refractivity contribution < 1.29 is 27.9 Å². The van der Waals surface area contributed by atoms with E-state index in [0.717, 1.165) is 17.0 Å². The molecule has 0 unspecified atom stereocenters. The Morgan fingerprint density at radius 2 is 1.89 bits per heavy atom. The maximum absolute atomic E-state index is 13.6. The minimum atomic E-state index is -1.17. The van der Waals surface area contributed by atoms with E-state index in [2.05, 4.69) is 20.4 Å². The van der Waals surface area contributed by atoms with E-state index < -0.39 is 35.3 Å². The number of carbonyl (C=O) groups is 2. The third-order valence-corrected chi connectivity index (χ3v) is 3.67. The molecule has 1 N–H and O–H groups in total. The number of para-hydroxylation sites is 1. The van der Waals surface area contributed by atoms with Gasteiger partial charge in [0.2, 0.25) is 6.10 Å². The highest BCUT2D eigenvalue weighted by Crippen LogP contribution is 2.18. The molecule has 2 aromatic carbocycles. The number of amides is 1. The molecule has 0 radical (unpaired) electrons. The zero-order valence-corrected chi connectivity index (χ0v) is 14.3. The minimum Gasteiger partial charge on any atom is -0.465 e. The van der Waals surface area contributed by atoms with E-state index in [9.17, 15) is 18.4 Å². The fourth-order valence-corrected chi connectivity index (χ4v) is 2.26. The molecule has 0 saturated heterocycles. The van der Waals surface area contributed by atoms with Crippen LogP contribution >= 0.6 is 0 Å². The smallest absolute Gasteiger partial charge is 0.337 e. The molecule has 0 aliphatic rings. The Labute approximate surface area is 151 Å². The van der Waals surface area contributed by atoms with E-state index in [1.165, 1.54) is 38.3 Å². The fourth-order valence-electron chi connectivity index (χ4n) is 2.26. The average Bonchev–Trinajstić information content (AvgIpc) is 3.06. The summed E-state index contributed by atoms with van der Waals surface area (Å²) in [5.74, 6) is -3.19. The van der Waals surface area contributed by atoms with Gasteiger partial charge in [0, 0.05) is 0 Å². The first-order valence-electron chi connectivity index (χ1n) is 7.76. The van der Waals surface area contributed by atoms with Crippen LogP contribution in [0.3, 0.4) is 0 Å². The number of nitrogens with one attached hydrogen (secondary N) is 1. The van der Waals surface area contributed by atoms with Gasteiger partial charge in [-0.1, -0.05) is 10.9 Å². The largest absolute Gasteiger partial charge is 0.465 e. The van der Waals surface area contributed by atoms with Gasteiger partial charge < -0.3 is 14.9 Å². The highest BCUT2D eigenvalue weighted by atomic mass is 19.1. The number of hydrogen-bond donors (Lipinski definition) is 1. The van der Waals surface area contributed by atoms with Crippen molar-refractivity contribution in [2.45, 2.75) is 13.0 Å². The number of ether oxygens (including phenoxy) is 1. The normalized spacial score (nSPS) is 11.9. The lowest BCUT2D eigenvalue weighted by Crippen LogP contribution is -2.35. The maximum atomic E-state index is 13.6. The molecule has 8 nitrogen and oxygen atoms in total. The van der Waals surface area contributed by atoms with Gasteiger partial charge in [-0.2, -0.15) is 0 Å². The van der Waals surface area contributed by atoms with Gasteiger partial charge >= 0.3 is 5.97 Å². The number of hydrogen-bond acceptors (Lipinski definition) is 6. The molecular formula is C17H14F2N4O4. The summed E-state index contributed by atoms with van der Waals surface area (Å²) in [5, 5.41) is 9.73. The molecule has 1 aromatic heterocycles. The van der Waals surface area contributed by atoms with E-state index in [1.807, 2.05) is 0 Å². The van der Waals surface area contributed by atoms with Crippen LogP contribution in [0.2, 0.25) is 0 Å². The number of aromatic nitrogens is 3. The van der Waals surface area contributed by atoms with Crippen LogP contribution in [0.25, 0.3) is 11.0 Å². The van der Waals surface area contributed by atoms with Gasteiger partial charge in [-0.05, 0) is 42.5 Å². The van der Waals surface area contributed by atoms with Crippen molar-refractivity contribution in [3.63, 3.8) is 0 Å². The number of benzene rings is 2. The van der Waals surface area contributed by atoms with E-state index >= 15 is 0 Å². The quantitative estimate of drug-likeness (QED) is 0.684. The Hall–Kier alpha value is -3.56. The summed E-state index contributed by atoms with van der Waals surface area (Å²) in [4.78, 5) is 30.2. The van der Waals surface area contributed by atoms with Crippen molar-refractivity contribution in [2.75, 3.05) is 12.4 Å². The van der Waals surface area contributed by atoms with Crippen LogP contribution in [-0.4, -0.2) is 40.2 Å². The molecule has 0 aliphatic carbocycles. The number of carbonyl (C=O) groups excluding carboxylic acids is 2. The zero-order chi connectivity index (χ0) is 19.6. The summed E-state index contributed by atoms with van der Waals surface area (Å²) in [7, 11) is 1.24. The molecule has 1 heterocycles. The standard InChI is InChI=1S/C17H14F2N4O4/c1-9(16(24)20-15-11(18)4-3-5-12(15)19)27-23-14-8-10(17(25)26-2)6-7-13(14)21-22-23/h3-9H,1-2H3,(H,20,24)/t9-/m0/s1. The van der Waals surface area contributed by atoms with Gasteiger partial charge in [0.15, 0.2) is 0 Å². The summed E-state index contributed by atoms with van der Waals surface area (Å²) in [5.41, 5.74) is 0.391. The number of rotatable bonds is 5. The summed E-state index contributed by atoms with van der Waals surface area (Å²) in [6.07, 6.45) is -1.17. The van der Waals surface area contributed by atoms with Crippen LogP contribution in [0.5, 0.6) is 0 Å². The predicted octanol–water partition coefficient (Wildman–Crippen LogP) is 1.95. The molecule has 10 heteroatoms. The third kappa shape index (κ3) is 3.68. The van der Waals surface area contributed by atoms with Gasteiger partial charge in [-0.15, -0.1) is 5.10 Å². The third-order valence-electron chi connectivity index (χ3n) is 3.67. The molecule has 140 valence electrons. The van der Waals surface area contributed by atoms with Crippen molar-refractivity contribution in [2.24, 2.45) is 0 Å². The van der Waals surface area contributed by atoms with Gasteiger partial charge in [-0.3, -0.25) is 4.79 Å². The number of anilines is 1. The lowest BCUT2D eigenvalue weighted by atomic mass is 10.2. The molecule has 0 spiro atoms. The van der Waals surface area contributed by atoms with Crippen molar-refractivity contribution in [1.29, 1.82) is 0 Å². The molecule has 1 atom stereocenters. The molecule has 3 rings (SSSR count). The Balaban J connectivity index is 1.80. The molecule has 0 aliphatic heterocycles. The summed E-state index contributed by atoms with van der Waals surface area (Å²) in [6, 6.07) is 7.69. The Kier molecular flexibility index (Phi) is 4.97. The van der Waals surface area contributed by atoms with Crippen molar-refractivity contribution in [1.82, 2.24) is 15.2 Å². The van der Waals surface area contributed by atoms with Gasteiger partial charge in [0.1, 0.15) is 28.4 Å². The number of nitrogens with zero attached hydrogens (tertiary/aromatic N) is 3. The molecule has 3 aromatic rings. The van der Waals surface area contributed by atoms with Crippen LogP contribution in [0.15, 0.2) is 36.4 Å². The molecule has 0 fully saturated rings. The zero-order valence-electron chi connectivity index (χ0n) is 14.3. The summed E-state index contributed by atoms with van der Waals surface area (Å²) >= 11 is 0. The van der Waals surface area contributed by atoms with Crippen LogP contribution in [0, 0.1) is 11.6 Å². The van der Waals surface area contributed by atoms with E-state index in [1.54, 1.807) is 0 Å². The molecular weight excluding hydrogens is 362 g/mol. The first-order valence-corrected chi connectivity index (χ1v) is 7.76. The van der Waals surface area contributed by atoms with Gasteiger partial charge in [0.25, 0.3) is 5.91 Å². The van der Waals surface area contributed by atoms with Crippen LogP contribution < -0.4 is 10.2 Å². The number of fused-ring (bicyclic) bond motifs is 1. The number of halogens is 2. The Morgan fingerprint density at radius 1 is 1.19 bits per heavy atom. The lowest BCUT2D eigenvalue weighted by molar-refractivity contribution is -0.127.